The van der Waals surface area contributed by atoms with Gasteiger partial charge in [0, 0.05) is 41.2 Å². The first-order chi connectivity index (χ1) is 23.3. The Labute approximate surface area is 301 Å². The Balaban J connectivity index is 3.54. The van der Waals surface area contributed by atoms with Crippen LogP contribution in [0.25, 0.3) is 0 Å². The fourth-order valence-electron chi connectivity index (χ4n) is 6.71. The van der Waals surface area contributed by atoms with Crippen molar-refractivity contribution in [2.45, 2.75) is 105 Å². The Morgan fingerprint density at radius 1 is 0.620 bits per heavy atom. The van der Waals surface area contributed by atoms with Gasteiger partial charge in [-0.2, -0.15) is 0 Å². The topological polar surface area (TPSA) is 148 Å². The second-order valence-corrected chi connectivity index (χ2v) is 14.9. The molecule has 0 unspecified atom stereocenters. The summed E-state index contributed by atoms with van der Waals surface area (Å²) >= 11 is 0. The van der Waals surface area contributed by atoms with Crippen LogP contribution >= 0.6 is 0 Å². The van der Waals surface area contributed by atoms with Crippen LogP contribution in [0.3, 0.4) is 0 Å². The monoisotopic (exact) mass is 702 g/mol. The van der Waals surface area contributed by atoms with E-state index < -0.39 is 36.1 Å². The number of likely N-dealkylation sites (N-methyl/N-ethyl adjacent to an activating group) is 5. The van der Waals surface area contributed by atoms with Crippen molar-refractivity contribution in [3.8, 4) is 0 Å². The molecule has 0 fully saturated rings. The first kappa shape index (κ1) is 44.5. The molecule has 0 spiro atoms. The molecule has 1 aromatic carbocycles. The second kappa shape index (κ2) is 21.0. The van der Waals surface area contributed by atoms with Crippen LogP contribution in [0.1, 0.15) is 73.8 Å². The van der Waals surface area contributed by atoms with Crippen molar-refractivity contribution in [2.75, 3.05) is 48.3 Å². The van der Waals surface area contributed by atoms with E-state index in [1.165, 1.54) is 19.6 Å². The molecule has 5 atom stereocenters. The van der Waals surface area contributed by atoms with Crippen LogP contribution in [0.15, 0.2) is 30.3 Å². The zero-order valence-electron chi connectivity index (χ0n) is 33.0. The van der Waals surface area contributed by atoms with Crippen molar-refractivity contribution >= 4 is 29.5 Å². The zero-order chi connectivity index (χ0) is 38.5. The summed E-state index contributed by atoms with van der Waals surface area (Å²) in [5.74, 6) is -2.36. The lowest BCUT2D eigenvalue weighted by Crippen LogP contribution is -2.62. The highest BCUT2D eigenvalue weighted by atomic mass is 16.2. The quantitative estimate of drug-likeness (QED) is 0.177. The van der Waals surface area contributed by atoms with Crippen molar-refractivity contribution in [2.24, 2.45) is 29.4 Å². The highest BCUT2D eigenvalue weighted by molar-refractivity contribution is 5.96. The molecule has 0 aliphatic carbocycles. The largest absolute Gasteiger partial charge is 0.354 e. The van der Waals surface area contributed by atoms with Gasteiger partial charge in [0.15, 0.2) is 0 Å². The number of benzene rings is 1. The molecule has 0 aliphatic heterocycles. The third-order valence-electron chi connectivity index (χ3n) is 9.51. The van der Waals surface area contributed by atoms with E-state index in [2.05, 4.69) is 10.6 Å². The van der Waals surface area contributed by atoms with E-state index in [0.29, 0.717) is 13.1 Å². The predicted octanol–water partition coefficient (Wildman–Crippen LogP) is 2.60. The molecule has 1 aromatic rings. The van der Waals surface area contributed by atoms with Gasteiger partial charge in [-0.3, -0.25) is 24.0 Å². The van der Waals surface area contributed by atoms with Crippen LogP contribution in [-0.2, 0) is 30.4 Å². The van der Waals surface area contributed by atoms with Crippen LogP contribution in [-0.4, -0.2) is 128 Å². The van der Waals surface area contributed by atoms with Crippen LogP contribution < -0.4 is 16.4 Å². The van der Waals surface area contributed by atoms with Gasteiger partial charge in [-0.05, 0) is 55.7 Å². The summed E-state index contributed by atoms with van der Waals surface area (Å²) in [6.45, 7) is 16.1. The number of nitrogens with zero attached hydrogens (tertiary/aromatic N) is 4. The van der Waals surface area contributed by atoms with Gasteiger partial charge in [-0.1, -0.05) is 85.7 Å². The summed E-state index contributed by atoms with van der Waals surface area (Å²) in [6, 6.07) is 5.48. The Bertz CT molecular complexity index is 1240. The highest BCUT2D eigenvalue weighted by Crippen LogP contribution is 2.23. The van der Waals surface area contributed by atoms with Gasteiger partial charge in [-0.15, -0.1) is 0 Å². The minimum Gasteiger partial charge on any atom is -0.354 e. The van der Waals surface area contributed by atoms with Gasteiger partial charge in [0.05, 0.1) is 6.04 Å². The number of hydrogen-bond donors (Lipinski definition) is 3. The Kier molecular flexibility index (Phi) is 18.7. The van der Waals surface area contributed by atoms with Gasteiger partial charge >= 0.3 is 0 Å². The molecule has 0 heterocycles. The predicted molar refractivity (Wildman–Crippen MR) is 200 cm³/mol. The average molecular weight is 702 g/mol. The van der Waals surface area contributed by atoms with E-state index in [9.17, 15) is 24.0 Å². The van der Waals surface area contributed by atoms with Crippen molar-refractivity contribution in [3.63, 3.8) is 0 Å². The lowest BCUT2D eigenvalue weighted by molar-refractivity contribution is -0.156. The Morgan fingerprint density at radius 3 is 1.52 bits per heavy atom. The van der Waals surface area contributed by atoms with Gasteiger partial charge in [-0.25, -0.2) is 0 Å². The first-order valence-electron chi connectivity index (χ1n) is 18.1. The molecule has 0 bridgehead atoms. The van der Waals surface area contributed by atoms with E-state index in [-0.39, 0.29) is 53.7 Å². The maximum absolute atomic E-state index is 14.6. The van der Waals surface area contributed by atoms with E-state index >= 15 is 0 Å². The Hall–Kier alpha value is -3.51. The maximum Gasteiger partial charge on any atom is 0.246 e. The molecule has 0 saturated carbocycles. The first-order valence-corrected chi connectivity index (χ1v) is 18.1. The summed E-state index contributed by atoms with van der Waals surface area (Å²) in [7, 11) is 8.14. The molecule has 12 nitrogen and oxygen atoms in total. The van der Waals surface area contributed by atoms with Crippen molar-refractivity contribution in [1.82, 2.24) is 30.2 Å². The third kappa shape index (κ3) is 11.8. The minimum absolute atomic E-state index is 0.00368. The SMILES string of the molecule is CN[C@H](C(=O)N(C)[C@H](C(=O)N(C)[C@H](C(=O)N(C)[C@@H](Cc1ccccc1)C(=O)N(C)[C@H](C(=O)NCCCCN)C(C)C)C(C)C)C(C)C)C(C)C. The number of nitrogens with two attached hydrogens (primary N) is 1. The highest BCUT2D eigenvalue weighted by Gasteiger charge is 2.43. The van der Waals surface area contributed by atoms with Gasteiger partial charge < -0.3 is 36.0 Å². The summed E-state index contributed by atoms with van der Waals surface area (Å²) in [5.41, 5.74) is 6.46. The minimum atomic E-state index is -0.960. The number of rotatable bonds is 20. The zero-order valence-corrected chi connectivity index (χ0v) is 33.0. The molecule has 1 rings (SSSR count). The van der Waals surface area contributed by atoms with Gasteiger partial charge in [0.1, 0.15) is 24.2 Å². The number of hydrogen-bond acceptors (Lipinski definition) is 7. The molecule has 12 heteroatoms. The number of unbranched alkanes of at least 4 members (excludes halogenated alkanes) is 1. The van der Waals surface area contributed by atoms with E-state index in [1.54, 1.807) is 35.2 Å². The fourth-order valence-corrected chi connectivity index (χ4v) is 6.71. The summed E-state index contributed by atoms with van der Waals surface area (Å²) < 4.78 is 0. The van der Waals surface area contributed by atoms with Crippen LogP contribution in [0, 0.1) is 23.7 Å². The smallest absolute Gasteiger partial charge is 0.246 e. The molecule has 284 valence electrons. The van der Waals surface area contributed by atoms with Crippen LogP contribution in [0.4, 0.5) is 0 Å². The van der Waals surface area contributed by atoms with Crippen LogP contribution in [0.2, 0.25) is 0 Å². The van der Waals surface area contributed by atoms with E-state index in [0.717, 1.165) is 18.4 Å². The lowest BCUT2D eigenvalue weighted by atomic mass is 9.94. The lowest BCUT2D eigenvalue weighted by Gasteiger charge is -2.41. The van der Waals surface area contributed by atoms with Crippen LogP contribution in [0.5, 0.6) is 0 Å². The van der Waals surface area contributed by atoms with Crippen molar-refractivity contribution < 1.29 is 24.0 Å². The summed E-state index contributed by atoms with van der Waals surface area (Å²) in [6.07, 6.45) is 1.72. The number of carbonyl (C=O) groups excluding carboxylic acids is 5. The average Bonchev–Trinajstić information content (AvgIpc) is 3.04. The molecular formula is C38H67N7O5. The third-order valence-corrected chi connectivity index (χ3v) is 9.51. The molecule has 0 radical (unpaired) electrons. The molecule has 0 aliphatic rings. The summed E-state index contributed by atoms with van der Waals surface area (Å²) in [4.78, 5) is 75.9. The van der Waals surface area contributed by atoms with Crippen molar-refractivity contribution in [3.05, 3.63) is 35.9 Å². The number of nitrogens with one attached hydrogen (secondary N) is 2. The standard InChI is InChI=1S/C38H67N7O5/c1-24(2)30(40-9)36(48)44(12)33(27(7)8)38(50)45(13)32(26(5)6)37(49)42(10)29(23-28-19-15-14-16-20-28)35(47)43(11)31(25(3)4)34(46)41-22-18-17-21-39/h14-16,19-20,24-27,29-33,40H,17-18,21-23,39H2,1-13H3,(H,41,46)/t29-,30-,31-,32-,33-/m0/s1. The van der Waals surface area contributed by atoms with Gasteiger partial charge in [0.25, 0.3) is 0 Å². The fraction of sp³-hybridized carbons (Fsp3) is 0.711. The maximum atomic E-state index is 14.6. The number of carbonyl (C=O) groups is 5. The molecule has 4 N–H and O–H groups in total. The second-order valence-electron chi connectivity index (χ2n) is 14.9. The molecule has 0 saturated heterocycles. The molecular weight excluding hydrogens is 634 g/mol. The Morgan fingerprint density at radius 2 is 1.08 bits per heavy atom. The molecule has 0 aromatic heterocycles. The molecule has 5 amide bonds. The van der Waals surface area contributed by atoms with E-state index in [1.807, 2.05) is 85.7 Å². The van der Waals surface area contributed by atoms with Gasteiger partial charge in [0.2, 0.25) is 29.5 Å². The molecule has 50 heavy (non-hydrogen) atoms. The van der Waals surface area contributed by atoms with E-state index in [4.69, 9.17) is 5.73 Å². The summed E-state index contributed by atoms with van der Waals surface area (Å²) in [5, 5.41) is 6.01. The van der Waals surface area contributed by atoms with Crippen molar-refractivity contribution in [1.29, 1.82) is 0 Å². The normalized spacial score (nSPS) is 14.6. The number of amides is 5.